The minimum atomic E-state index is -4.98. The zero-order valence-electron chi connectivity index (χ0n) is 2.71. The van der Waals surface area contributed by atoms with E-state index in [4.69, 9.17) is 0 Å². The van der Waals surface area contributed by atoms with E-state index in [1.165, 1.54) is 0 Å². The molecule has 0 unspecified atom stereocenters. The van der Waals surface area contributed by atoms with Gasteiger partial charge < -0.3 is 11.0 Å². The van der Waals surface area contributed by atoms with Crippen molar-refractivity contribution in [2.45, 2.75) is 0 Å². The fourth-order valence-corrected chi connectivity index (χ4v) is 0. The van der Waals surface area contributed by atoms with Crippen LogP contribution in [-0.4, -0.2) is 11.0 Å². The number of hydrogen-bond acceptors (Lipinski definition) is 0. The molecule has 2 nitrogen and oxygen atoms in total. The van der Waals surface area contributed by atoms with Gasteiger partial charge in [0.1, 0.15) is 0 Å². The summed E-state index contributed by atoms with van der Waals surface area (Å²) in [6.07, 6.45) is 0. The van der Waals surface area contributed by atoms with E-state index in [0.29, 0.717) is 0 Å². The molecule has 6 heavy (non-hydrogen) atoms. The first-order valence-corrected chi connectivity index (χ1v) is 2.70. The van der Waals surface area contributed by atoms with Crippen LogP contribution in [0.2, 0.25) is 0 Å². The zero-order chi connectivity index (χ0) is 3.58. The molecule has 0 amide bonds. The average molecular weight is 138 g/mol. The van der Waals surface area contributed by atoms with Gasteiger partial charge in [0.15, 0.2) is 0 Å². The van der Waals surface area contributed by atoms with Crippen LogP contribution in [0.25, 0.3) is 0 Å². The molecule has 0 aliphatic carbocycles. The predicted octanol–water partition coefficient (Wildman–Crippen LogP) is -0.391. The fraction of sp³-hybridized carbons (Fsp3) is 0. The third-order valence-corrected chi connectivity index (χ3v) is 0. The first-order chi connectivity index (χ1) is 1.73. The van der Waals surface area contributed by atoms with E-state index in [-0.39, 0.29) is 11.0 Å². The quantitative estimate of drug-likeness (QED) is 0.437. The summed E-state index contributed by atoms with van der Waals surface area (Å²) in [5.41, 5.74) is 0. The minimum absolute atomic E-state index is 0. The first-order valence-electron chi connectivity index (χ1n) is 0.655. The van der Waals surface area contributed by atoms with Gasteiger partial charge in [-0.25, -0.2) is 0 Å². The Kier molecular flexibility index (Phi) is 24.3. The van der Waals surface area contributed by atoms with Gasteiger partial charge in [-0.3, -0.25) is 0 Å². The standard InChI is InChI=1S/3FH.2H2O.Sc/h3*1H;2*1H2;/q;;;;;+3/p-3. The normalized spacial score (nSPS) is 4.50. The molecular formula is H4F3O2Sc. The molecule has 0 saturated heterocycles. The summed E-state index contributed by atoms with van der Waals surface area (Å²) in [4.78, 5) is 0. The Morgan fingerprint density at radius 2 is 0.833 bits per heavy atom. The Morgan fingerprint density at radius 1 is 0.833 bits per heavy atom. The second-order valence-corrected chi connectivity index (χ2v) is 1.02. The molecule has 0 atom stereocenters. The van der Waals surface area contributed by atoms with E-state index in [9.17, 15) is 7.99 Å². The number of hydrogen-bond donors (Lipinski definition) is 0. The van der Waals surface area contributed by atoms with Gasteiger partial charge in [-0.15, -0.1) is 0 Å². The second-order valence-electron chi connectivity index (χ2n) is 0.247. The van der Waals surface area contributed by atoms with Crippen LogP contribution in [0.1, 0.15) is 0 Å². The predicted molar refractivity (Wildman–Crippen MR) is 10.6 cm³/mol. The first kappa shape index (κ1) is 16.0. The van der Waals surface area contributed by atoms with Gasteiger partial charge in [0.2, 0.25) is 0 Å². The summed E-state index contributed by atoms with van der Waals surface area (Å²) in [7, 11) is 0. The zero-order valence-corrected chi connectivity index (χ0v) is 4.51. The summed E-state index contributed by atoms with van der Waals surface area (Å²) in [6, 6.07) is 0. The van der Waals surface area contributed by atoms with Gasteiger partial charge in [-0.2, -0.15) is 0 Å². The van der Waals surface area contributed by atoms with Gasteiger partial charge in [0.05, 0.1) is 0 Å². The fourth-order valence-electron chi connectivity index (χ4n) is 0. The van der Waals surface area contributed by atoms with E-state index in [1.54, 1.807) is 0 Å². The molecule has 0 aliphatic heterocycles. The van der Waals surface area contributed by atoms with Crippen LogP contribution < -0.4 is 0 Å². The van der Waals surface area contributed by atoms with Crippen LogP contribution in [0.3, 0.4) is 0 Å². The SMILES string of the molecule is O.O.[F][Sc]([F])[F]. The third kappa shape index (κ3) is 174. The molecule has 0 saturated carbocycles. The Bertz CT molecular complexity index is 13.5. The molecule has 0 aliphatic rings. The molecule has 0 spiro atoms. The molecule has 0 rings (SSSR count). The van der Waals surface area contributed by atoms with E-state index in [1.807, 2.05) is 0 Å². The Labute approximate surface area is 42.7 Å². The van der Waals surface area contributed by atoms with E-state index >= 15 is 0 Å². The maximum atomic E-state index is 9.85. The summed E-state index contributed by atoms with van der Waals surface area (Å²) < 4.78 is 29.6. The summed E-state index contributed by atoms with van der Waals surface area (Å²) in [5.74, 6) is 0. The van der Waals surface area contributed by atoms with Gasteiger partial charge in [0.25, 0.3) is 0 Å². The van der Waals surface area contributed by atoms with Gasteiger partial charge >= 0.3 is 31.2 Å². The summed E-state index contributed by atoms with van der Waals surface area (Å²) in [5, 5.41) is 0. The Balaban J connectivity index is -0.0000000450. The van der Waals surface area contributed by atoms with Gasteiger partial charge in [0, 0.05) is 0 Å². The van der Waals surface area contributed by atoms with Crippen molar-refractivity contribution in [1.29, 1.82) is 0 Å². The molecule has 0 aromatic rings. The molecule has 40 valence electrons. The molecule has 4 N–H and O–H groups in total. The van der Waals surface area contributed by atoms with Crippen molar-refractivity contribution in [2.24, 2.45) is 0 Å². The molecule has 0 radical (unpaired) electrons. The van der Waals surface area contributed by atoms with Gasteiger partial charge in [-0.1, -0.05) is 0 Å². The molecule has 0 fully saturated rings. The van der Waals surface area contributed by atoms with Crippen molar-refractivity contribution < 1.29 is 42.2 Å². The molecule has 0 aromatic carbocycles. The van der Waals surface area contributed by atoms with Crippen molar-refractivity contribution in [3.05, 3.63) is 0 Å². The van der Waals surface area contributed by atoms with Crippen LogP contribution in [0.15, 0.2) is 0 Å². The monoisotopic (exact) mass is 138 g/mol. The van der Waals surface area contributed by atoms with Crippen LogP contribution in [-0.2, 0) is 23.2 Å². The second kappa shape index (κ2) is 9.13. The van der Waals surface area contributed by atoms with Gasteiger partial charge in [-0.05, 0) is 0 Å². The molecule has 0 bridgehead atoms. The van der Waals surface area contributed by atoms with Crippen molar-refractivity contribution in [3.8, 4) is 0 Å². The van der Waals surface area contributed by atoms with Crippen LogP contribution >= 0.6 is 0 Å². The summed E-state index contributed by atoms with van der Waals surface area (Å²) in [6.45, 7) is 0. The number of halogens is 3. The van der Waals surface area contributed by atoms with Crippen molar-refractivity contribution in [2.75, 3.05) is 0 Å². The van der Waals surface area contributed by atoms with E-state index in [0.717, 1.165) is 0 Å². The Morgan fingerprint density at radius 3 is 0.833 bits per heavy atom. The molecule has 6 heteroatoms. The van der Waals surface area contributed by atoms with Crippen molar-refractivity contribution >= 4 is 0 Å². The van der Waals surface area contributed by atoms with Crippen LogP contribution in [0, 0.1) is 0 Å². The Hall–Kier alpha value is 0.580. The van der Waals surface area contributed by atoms with Crippen molar-refractivity contribution in [3.63, 3.8) is 0 Å². The average Bonchev–Trinajstić information content (AvgIpc) is 0.811. The maximum absolute atomic E-state index is 9.85. The van der Waals surface area contributed by atoms with E-state index < -0.39 is 23.2 Å². The molecular weight excluding hydrogens is 134 g/mol. The van der Waals surface area contributed by atoms with E-state index in [2.05, 4.69) is 0 Å². The molecule has 0 aromatic heterocycles. The van der Waals surface area contributed by atoms with Crippen molar-refractivity contribution in [1.82, 2.24) is 0 Å². The molecule has 0 heterocycles. The topological polar surface area (TPSA) is 63.0 Å². The summed E-state index contributed by atoms with van der Waals surface area (Å²) >= 11 is -4.98. The third-order valence-electron chi connectivity index (χ3n) is 0. The van der Waals surface area contributed by atoms with Crippen LogP contribution in [0.5, 0.6) is 0 Å². The van der Waals surface area contributed by atoms with Crippen LogP contribution in [0.4, 0.5) is 7.99 Å². The number of rotatable bonds is 0.